The Morgan fingerprint density at radius 3 is 2.73 bits per heavy atom. The number of allylic oxidation sites excluding steroid dienone is 1. The molecular formula is C12H10O3. The van der Waals surface area contributed by atoms with E-state index in [1.807, 2.05) is 12.1 Å². The second-order valence-electron chi connectivity index (χ2n) is 3.61. The van der Waals surface area contributed by atoms with Crippen molar-refractivity contribution < 1.29 is 14.7 Å². The first-order valence-corrected chi connectivity index (χ1v) is 4.64. The first-order valence-electron chi connectivity index (χ1n) is 4.64. The Labute approximate surface area is 87.0 Å². The molecule has 0 aliphatic heterocycles. The Morgan fingerprint density at radius 2 is 2.07 bits per heavy atom. The number of ketones is 1. The van der Waals surface area contributed by atoms with Gasteiger partial charge < -0.3 is 5.11 Å². The zero-order chi connectivity index (χ0) is 11.0. The summed E-state index contributed by atoms with van der Waals surface area (Å²) in [5.41, 5.74) is 1.86. The standard InChI is InChI=1S/C12H10O3/c1-7-6-8-4-2-3-5-9(8)10(11(7)13)12(14)15/h2-5,10H,1,6H2,(H,14,15). The van der Waals surface area contributed by atoms with Crippen LogP contribution in [0.4, 0.5) is 0 Å². The molecule has 0 saturated carbocycles. The van der Waals surface area contributed by atoms with Gasteiger partial charge in [-0.25, -0.2) is 0 Å². The number of carbonyl (C=O) groups excluding carboxylic acids is 1. The molecule has 3 heteroatoms. The van der Waals surface area contributed by atoms with Crippen LogP contribution in [0.2, 0.25) is 0 Å². The molecule has 0 saturated heterocycles. The molecule has 1 aliphatic carbocycles. The lowest BCUT2D eigenvalue weighted by molar-refractivity contribution is -0.141. The fourth-order valence-corrected chi connectivity index (χ4v) is 1.88. The number of benzene rings is 1. The van der Waals surface area contributed by atoms with Crippen molar-refractivity contribution in [3.8, 4) is 0 Å². The fourth-order valence-electron chi connectivity index (χ4n) is 1.88. The number of Topliss-reactive ketones (excluding diaryl/α,β-unsaturated/α-hetero) is 1. The summed E-state index contributed by atoms with van der Waals surface area (Å²) in [6.45, 7) is 3.61. The lowest BCUT2D eigenvalue weighted by Crippen LogP contribution is -2.28. The molecule has 0 heterocycles. The second-order valence-corrected chi connectivity index (χ2v) is 3.61. The molecule has 1 aromatic rings. The topological polar surface area (TPSA) is 54.4 Å². The average Bonchev–Trinajstić information content (AvgIpc) is 2.19. The second kappa shape index (κ2) is 3.35. The molecular weight excluding hydrogens is 192 g/mol. The molecule has 15 heavy (non-hydrogen) atoms. The molecule has 1 aliphatic rings. The van der Waals surface area contributed by atoms with Gasteiger partial charge in [0.05, 0.1) is 0 Å². The van der Waals surface area contributed by atoms with Gasteiger partial charge in [0.2, 0.25) is 0 Å². The van der Waals surface area contributed by atoms with Crippen LogP contribution in [0.15, 0.2) is 36.4 Å². The first kappa shape index (κ1) is 9.65. The van der Waals surface area contributed by atoms with Crippen molar-refractivity contribution in [2.45, 2.75) is 12.3 Å². The van der Waals surface area contributed by atoms with Gasteiger partial charge in [0, 0.05) is 6.42 Å². The lowest BCUT2D eigenvalue weighted by Gasteiger charge is -2.22. The summed E-state index contributed by atoms with van der Waals surface area (Å²) in [7, 11) is 0. The quantitative estimate of drug-likeness (QED) is 0.555. The maximum Gasteiger partial charge on any atom is 0.318 e. The van der Waals surface area contributed by atoms with Crippen molar-refractivity contribution in [1.29, 1.82) is 0 Å². The third-order valence-electron chi connectivity index (χ3n) is 2.63. The normalized spacial score (nSPS) is 19.9. The van der Waals surface area contributed by atoms with Gasteiger partial charge in [-0.15, -0.1) is 0 Å². The van der Waals surface area contributed by atoms with Gasteiger partial charge in [-0.2, -0.15) is 0 Å². The van der Waals surface area contributed by atoms with Crippen LogP contribution in [0.25, 0.3) is 0 Å². The molecule has 0 spiro atoms. The number of carboxylic acids is 1. The first-order chi connectivity index (χ1) is 7.11. The van der Waals surface area contributed by atoms with E-state index in [2.05, 4.69) is 6.58 Å². The third kappa shape index (κ3) is 1.46. The molecule has 1 atom stereocenters. The molecule has 0 bridgehead atoms. The number of rotatable bonds is 1. The van der Waals surface area contributed by atoms with Gasteiger partial charge in [0.15, 0.2) is 5.78 Å². The number of hydrogen-bond donors (Lipinski definition) is 1. The van der Waals surface area contributed by atoms with E-state index in [-0.39, 0.29) is 5.78 Å². The van der Waals surface area contributed by atoms with Crippen LogP contribution in [0.5, 0.6) is 0 Å². The van der Waals surface area contributed by atoms with Crippen molar-refractivity contribution in [2.75, 3.05) is 0 Å². The molecule has 76 valence electrons. The predicted molar refractivity (Wildman–Crippen MR) is 54.7 cm³/mol. The van der Waals surface area contributed by atoms with Gasteiger partial charge >= 0.3 is 5.97 Å². The van der Waals surface area contributed by atoms with Crippen molar-refractivity contribution in [1.82, 2.24) is 0 Å². The average molecular weight is 202 g/mol. The summed E-state index contributed by atoms with van der Waals surface area (Å²) in [4.78, 5) is 22.7. The van der Waals surface area contributed by atoms with E-state index in [1.165, 1.54) is 0 Å². The Hall–Kier alpha value is -1.90. The van der Waals surface area contributed by atoms with E-state index in [0.29, 0.717) is 17.6 Å². The van der Waals surface area contributed by atoms with Gasteiger partial charge in [-0.05, 0) is 16.7 Å². The van der Waals surface area contributed by atoms with Crippen LogP contribution in [0.1, 0.15) is 17.0 Å². The largest absolute Gasteiger partial charge is 0.480 e. The van der Waals surface area contributed by atoms with Gasteiger partial charge in [0.1, 0.15) is 5.92 Å². The van der Waals surface area contributed by atoms with Crippen molar-refractivity contribution in [3.63, 3.8) is 0 Å². The summed E-state index contributed by atoms with van der Waals surface area (Å²) in [6.07, 6.45) is 0.457. The van der Waals surface area contributed by atoms with Gasteiger partial charge in [-0.3, -0.25) is 9.59 Å². The van der Waals surface area contributed by atoms with Crippen molar-refractivity contribution >= 4 is 11.8 Å². The molecule has 0 aromatic heterocycles. The van der Waals surface area contributed by atoms with Gasteiger partial charge in [-0.1, -0.05) is 30.8 Å². The highest BCUT2D eigenvalue weighted by Crippen LogP contribution is 2.31. The molecule has 0 amide bonds. The van der Waals surface area contributed by atoms with E-state index >= 15 is 0 Å². The number of fused-ring (bicyclic) bond motifs is 1. The lowest BCUT2D eigenvalue weighted by atomic mass is 9.79. The van der Waals surface area contributed by atoms with Crippen LogP contribution < -0.4 is 0 Å². The zero-order valence-electron chi connectivity index (χ0n) is 8.06. The molecule has 1 aromatic carbocycles. The van der Waals surface area contributed by atoms with Crippen LogP contribution >= 0.6 is 0 Å². The Morgan fingerprint density at radius 1 is 1.40 bits per heavy atom. The summed E-state index contributed by atoms with van der Waals surface area (Å²) < 4.78 is 0. The number of hydrogen-bond acceptors (Lipinski definition) is 2. The third-order valence-corrected chi connectivity index (χ3v) is 2.63. The molecule has 0 radical (unpaired) electrons. The minimum Gasteiger partial charge on any atom is -0.480 e. The highest BCUT2D eigenvalue weighted by atomic mass is 16.4. The van der Waals surface area contributed by atoms with E-state index in [1.54, 1.807) is 12.1 Å². The minimum atomic E-state index is -1.10. The predicted octanol–water partition coefficient (Wildman–Crippen LogP) is 1.54. The monoisotopic (exact) mass is 202 g/mol. The Balaban J connectivity index is 2.59. The fraction of sp³-hybridized carbons (Fsp3) is 0.167. The highest BCUT2D eigenvalue weighted by Gasteiger charge is 2.35. The van der Waals surface area contributed by atoms with Gasteiger partial charge in [0.25, 0.3) is 0 Å². The Bertz CT molecular complexity index is 460. The van der Waals surface area contributed by atoms with Crippen LogP contribution in [0.3, 0.4) is 0 Å². The number of carboxylic acid groups (broad SMARTS) is 1. The Kier molecular flexibility index (Phi) is 2.15. The van der Waals surface area contributed by atoms with Crippen molar-refractivity contribution in [3.05, 3.63) is 47.5 Å². The molecule has 0 fully saturated rings. The molecule has 3 nitrogen and oxygen atoms in total. The molecule has 1 N–H and O–H groups in total. The van der Waals surface area contributed by atoms with Crippen molar-refractivity contribution in [2.24, 2.45) is 0 Å². The smallest absolute Gasteiger partial charge is 0.318 e. The molecule has 2 rings (SSSR count). The summed E-state index contributed by atoms with van der Waals surface area (Å²) in [5.74, 6) is -2.54. The maximum atomic E-state index is 11.6. The van der Waals surface area contributed by atoms with E-state index in [9.17, 15) is 9.59 Å². The SMILES string of the molecule is C=C1Cc2ccccc2C(C(=O)O)C1=O. The number of aliphatic carboxylic acids is 1. The summed E-state index contributed by atoms with van der Waals surface area (Å²) in [6, 6.07) is 7.11. The highest BCUT2D eigenvalue weighted by molar-refractivity contribution is 6.13. The van der Waals surface area contributed by atoms with Crippen LogP contribution in [-0.2, 0) is 16.0 Å². The van der Waals surface area contributed by atoms with E-state index in [4.69, 9.17) is 5.11 Å². The summed E-state index contributed by atoms with van der Waals surface area (Å²) >= 11 is 0. The van der Waals surface area contributed by atoms with Crippen LogP contribution in [-0.4, -0.2) is 16.9 Å². The zero-order valence-corrected chi connectivity index (χ0v) is 8.06. The number of carbonyl (C=O) groups is 2. The van der Waals surface area contributed by atoms with E-state index in [0.717, 1.165) is 5.56 Å². The minimum absolute atomic E-state index is 0.374. The van der Waals surface area contributed by atoms with E-state index < -0.39 is 11.9 Å². The maximum absolute atomic E-state index is 11.6. The summed E-state index contributed by atoms with van der Waals surface area (Å²) in [5, 5.41) is 9.01. The molecule has 1 unspecified atom stereocenters. The van der Waals surface area contributed by atoms with Crippen LogP contribution in [0, 0.1) is 0 Å².